The van der Waals surface area contributed by atoms with E-state index in [0.29, 0.717) is 11.4 Å². The summed E-state index contributed by atoms with van der Waals surface area (Å²) in [7, 11) is 0. The highest BCUT2D eigenvalue weighted by molar-refractivity contribution is 5.50. The van der Waals surface area contributed by atoms with Gasteiger partial charge < -0.3 is 15.7 Å². The molecule has 1 heterocycles. The Labute approximate surface area is 323 Å². The molecule has 3 N–H and O–H groups in total. The molecule has 5 aromatic carbocycles. The molecule has 0 spiro atoms. The van der Waals surface area contributed by atoms with E-state index in [2.05, 4.69) is 92.1 Å². The first kappa shape index (κ1) is 38.1. The van der Waals surface area contributed by atoms with E-state index in [4.69, 9.17) is 10.2 Å². The van der Waals surface area contributed by atoms with Crippen LogP contribution < -0.4 is 10.6 Å². The summed E-state index contributed by atoms with van der Waals surface area (Å²) >= 11 is 0. The van der Waals surface area contributed by atoms with Crippen LogP contribution in [-0.2, 0) is 22.9 Å². The van der Waals surface area contributed by atoms with E-state index in [9.17, 15) is 13.9 Å². The summed E-state index contributed by atoms with van der Waals surface area (Å²) in [5.41, 5.74) is 4.60. The summed E-state index contributed by atoms with van der Waals surface area (Å²) in [5, 5.41) is 29.3. The highest BCUT2D eigenvalue weighted by Gasteiger charge is 2.41. The van der Waals surface area contributed by atoms with Gasteiger partial charge in [-0.15, -0.1) is 5.10 Å². The lowest BCUT2D eigenvalue weighted by Crippen LogP contribution is -2.51. The van der Waals surface area contributed by atoms with Crippen LogP contribution >= 0.6 is 0 Å². The van der Waals surface area contributed by atoms with Crippen LogP contribution in [0.1, 0.15) is 86.3 Å². The van der Waals surface area contributed by atoms with Crippen molar-refractivity contribution in [1.29, 1.82) is 0 Å². The molecule has 6 aromatic rings. The van der Waals surface area contributed by atoms with E-state index < -0.39 is 29.3 Å². The maximum Gasteiger partial charge on any atom is 0.168 e. The van der Waals surface area contributed by atoms with Gasteiger partial charge in [-0.1, -0.05) is 155 Å². The third kappa shape index (κ3) is 8.26. The molecule has 1 saturated carbocycles. The van der Waals surface area contributed by atoms with Crippen molar-refractivity contribution in [1.82, 2.24) is 20.3 Å². The molecular formula is C47H51F2N5O. The van der Waals surface area contributed by atoms with Gasteiger partial charge in [0.05, 0.1) is 18.3 Å². The maximum atomic E-state index is 14.5. The third-order valence-electron chi connectivity index (χ3n) is 11.2. The van der Waals surface area contributed by atoms with Gasteiger partial charge in [0, 0.05) is 18.2 Å². The largest absolute Gasteiger partial charge is 0.390 e. The molecule has 2 unspecified atom stereocenters. The lowest BCUT2D eigenvalue weighted by atomic mass is 9.74. The number of benzene rings is 5. The van der Waals surface area contributed by atoms with Gasteiger partial charge in [0.15, 0.2) is 11.4 Å². The standard InChI is InChI=1S/C47H51F2N5O/c1-45(2,3)38-23-16-24-39(30-38)46(25-14-7-15-26-46)50-32-43(55)42(29-34-27-40(48)31-41(49)28-34)52-44-33-51-54(53-44)47(35-17-8-4-9-18-35,36-19-10-5-11-20-36)37-21-12-6-13-22-37/h4-6,8-13,16-24,27-28,30-31,33,42-43,50,55H,7,14-15,25-26,29,32H2,1-3H3,(H,52,53). The Morgan fingerprint density at radius 3 is 1.80 bits per heavy atom. The number of aliphatic hydroxyl groups excluding tert-OH is 1. The van der Waals surface area contributed by atoms with Crippen LogP contribution in [0.2, 0.25) is 0 Å². The Bertz CT molecular complexity index is 2030. The molecule has 8 heteroatoms. The molecule has 0 amide bonds. The Morgan fingerprint density at radius 2 is 1.25 bits per heavy atom. The highest BCUT2D eigenvalue weighted by atomic mass is 19.1. The van der Waals surface area contributed by atoms with E-state index in [1.54, 1.807) is 11.0 Å². The van der Waals surface area contributed by atoms with Gasteiger partial charge in [-0.2, -0.15) is 9.90 Å². The van der Waals surface area contributed by atoms with Gasteiger partial charge in [0.2, 0.25) is 0 Å². The molecule has 55 heavy (non-hydrogen) atoms. The fourth-order valence-electron chi connectivity index (χ4n) is 8.28. The molecule has 6 nitrogen and oxygen atoms in total. The van der Waals surface area contributed by atoms with Gasteiger partial charge in [-0.05, 0) is 70.2 Å². The van der Waals surface area contributed by atoms with Crippen LogP contribution in [0.25, 0.3) is 0 Å². The third-order valence-corrected chi connectivity index (χ3v) is 11.2. The Balaban J connectivity index is 1.24. The van der Waals surface area contributed by atoms with Gasteiger partial charge in [-0.3, -0.25) is 0 Å². The Morgan fingerprint density at radius 1 is 0.709 bits per heavy atom. The molecule has 1 aliphatic rings. The number of aliphatic hydroxyl groups is 1. The molecule has 0 radical (unpaired) electrons. The molecule has 0 bridgehead atoms. The number of nitrogens with zero attached hydrogens (tertiary/aromatic N) is 3. The fourth-order valence-corrected chi connectivity index (χ4v) is 8.28. The number of rotatable bonds is 13. The van der Waals surface area contributed by atoms with Crippen molar-refractivity contribution in [3.63, 3.8) is 0 Å². The second-order valence-electron chi connectivity index (χ2n) is 16.0. The van der Waals surface area contributed by atoms with Crippen LogP contribution in [0.3, 0.4) is 0 Å². The number of nitrogens with one attached hydrogen (secondary N) is 2. The zero-order valence-corrected chi connectivity index (χ0v) is 31.9. The van der Waals surface area contributed by atoms with Gasteiger partial charge in [0.1, 0.15) is 11.6 Å². The fraction of sp³-hybridized carbons (Fsp3) is 0.319. The second kappa shape index (κ2) is 16.3. The topological polar surface area (TPSA) is 75.0 Å². The summed E-state index contributed by atoms with van der Waals surface area (Å²) in [6, 6.07) is 42.1. The van der Waals surface area contributed by atoms with Gasteiger partial charge in [0.25, 0.3) is 0 Å². The van der Waals surface area contributed by atoms with Crippen LogP contribution in [-0.4, -0.2) is 38.8 Å². The van der Waals surface area contributed by atoms with Crippen molar-refractivity contribution in [2.24, 2.45) is 0 Å². The first-order valence-electron chi connectivity index (χ1n) is 19.4. The minimum absolute atomic E-state index is 0.00279. The average Bonchev–Trinajstić information content (AvgIpc) is 3.66. The minimum Gasteiger partial charge on any atom is -0.390 e. The normalized spacial score (nSPS) is 15.7. The molecule has 284 valence electrons. The smallest absolute Gasteiger partial charge is 0.168 e. The van der Waals surface area contributed by atoms with Crippen LogP contribution in [0.4, 0.5) is 14.6 Å². The van der Waals surface area contributed by atoms with E-state index in [0.717, 1.165) is 48.4 Å². The monoisotopic (exact) mass is 739 g/mol. The quantitative estimate of drug-likeness (QED) is 0.103. The summed E-state index contributed by atoms with van der Waals surface area (Å²) in [6.45, 7) is 6.93. The lowest BCUT2D eigenvalue weighted by Gasteiger charge is -2.41. The second-order valence-corrected chi connectivity index (χ2v) is 16.0. The molecule has 0 aliphatic heterocycles. The maximum absolute atomic E-state index is 14.5. The van der Waals surface area contributed by atoms with E-state index in [-0.39, 0.29) is 23.9 Å². The van der Waals surface area contributed by atoms with Crippen LogP contribution in [0, 0.1) is 11.6 Å². The number of anilines is 1. The molecule has 1 aromatic heterocycles. The summed E-state index contributed by atoms with van der Waals surface area (Å²) < 4.78 is 29.0. The van der Waals surface area contributed by atoms with E-state index in [1.165, 1.54) is 29.7 Å². The van der Waals surface area contributed by atoms with Gasteiger partial charge in [-0.25, -0.2) is 8.78 Å². The number of halogens is 2. The zero-order valence-electron chi connectivity index (χ0n) is 31.9. The SMILES string of the molecule is CC(C)(C)c1cccc(C2(NCC(O)C(Cc3cc(F)cc(F)c3)Nc3cnn(C(c4ccccc4)(c4ccccc4)c4ccccc4)n3)CCCCC2)c1. The predicted molar refractivity (Wildman–Crippen MR) is 216 cm³/mol. The molecule has 1 fully saturated rings. The van der Waals surface area contributed by atoms with Crippen LogP contribution in [0.15, 0.2) is 140 Å². The molecular weight excluding hydrogens is 689 g/mol. The molecule has 0 saturated heterocycles. The highest BCUT2D eigenvalue weighted by Crippen LogP contribution is 2.41. The molecule has 7 rings (SSSR count). The summed E-state index contributed by atoms with van der Waals surface area (Å²) in [4.78, 5) is 1.72. The summed E-state index contributed by atoms with van der Waals surface area (Å²) in [6.07, 6.45) is 6.10. The van der Waals surface area contributed by atoms with Crippen molar-refractivity contribution >= 4 is 5.82 Å². The van der Waals surface area contributed by atoms with Crippen molar-refractivity contribution in [2.75, 3.05) is 11.9 Å². The number of aromatic nitrogens is 3. The van der Waals surface area contributed by atoms with Crippen molar-refractivity contribution in [2.45, 2.75) is 87.9 Å². The first-order chi connectivity index (χ1) is 26.6. The van der Waals surface area contributed by atoms with Gasteiger partial charge >= 0.3 is 0 Å². The Hall–Kier alpha value is -5.18. The van der Waals surface area contributed by atoms with Crippen molar-refractivity contribution in [3.05, 3.63) is 185 Å². The zero-order chi connectivity index (χ0) is 38.5. The van der Waals surface area contributed by atoms with Crippen molar-refractivity contribution < 1.29 is 13.9 Å². The van der Waals surface area contributed by atoms with E-state index >= 15 is 0 Å². The minimum atomic E-state index is -0.955. The predicted octanol–water partition coefficient (Wildman–Crippen LogP) is 9.53. The first-order valence-corrected chi connectivity index (χ1v) is 19.4. The van der Waals surface area contributed by atoms with E-state index in [1.807, 2.05) is 54.6 Å². The molecule has 1 aliphatic carbocycles. The number of hydrogen-bond donors (Lipinski definition) is 3. The summed E-state index contributed by atoms with van der Waals surface area (Å²) in [5.74, 6) is -0.894. The Kier molecular flexibility index (Phi) is 11.3. The number of hydrogen-bond acceptors (Lipinski definition) is 5. The van der Waals surface area contributed by atoms with Crippen molar-refractivity contribution in [3.8, 4) is 0 Å². The lowest BCUT2D eigenvalue weighted by molar-refractivity contribution is 0.122. The van der Waals surface area contributed by atoms with Crippen LogP contribution in [0.5, 0.6) is 0 Å². The average molecular weight is 740 g/mol. The molecule has 2 atom stereocenters.